The lowest BCUT2D eigenvalue weighted by atomic mass is 10.1. The van der Waals surface area contributed by atoms with Crippen LogP contribution in [0.25, 0.3) is 0 Å². The van der Waals surface area contributed by atoms with E-state index in [2.05, 4.69) is 4.90 Å². The van der Waals surface area contributed by atoms with Crippen molar-refractivity contribution in [1.82, 2.24) is 9.80 Å². The molecule has 2 aliphatic heterocycles. The van der Waals surface area contributed by atoms with Crippen LogP contribution in [-0.4, -0.2) is 47.9 Å². The van der Waals surface area contributed by atoms with E-state index in [0.29, 0.717) is 22.3 Å². The third kappa shape index (κ3) is 2.42. The molecule has 102 valence electrons. The van der Waals surface area contributed by atoms with E-state index in [4.69, 9.17) is 17.3 Å². The number of anilines is 1. The van der Waals surface area contributed by atoms with Gasteiger partial charge >= 0.3 is 0 Å². The molecule has 0 saturated carbocycles. The fourth-order valence-corrected chi connectivity index (χ4v) is 3.32. The molecule has 0 bridgehead atoms. The molecule has 4 nitrogen and oxygen atoms in total. The molecule has 1 aromatic carbocycles. The number of nitrogen functional groups attached to an aromatic ring is 1. The zero-order valence-electron chi connectivity index (χ0n) is 10.8. The molecule has 2 fully saturated rings. The molecule has 5 heteroatoms. The van der Waals surface area contributed by atoms with Crippen LogP contribution in [0.15, 0.2) is 18.2 Å². The molecule has 1 unspecified atom stereocenters. The van der Waals surface area contributed by atoms with Gasteiger partial charge in [0.15, 0.2) is 0 Å². The van der Waals surface area contributed by atoms with Crippen molar-refractivity contribution < 1.29 is 4.79 Å². The van der Waals surface area contributed by atoms with E-state index in [9.17, 15) is 4.79 Å². The largest absolute Gasteiger partial charge is 0.399 e. The van der Waals surface area contributed by atoms with Crippen molar-refractivity contribution in [3.05, 3.63) is 28.8 Å². The Kier molecular flexibility index (Phi) is 3.37. The third-order valence-electron chi connectivity index (χ3n) is 4.10. The fraction of sp³-hybridized carbons (Fsp3) is 0.500. The average molecular weight is 280 g/mol. The summed E-state index contributed by atoms with van der Waals surface area (Å²) in [6.45, 7) is 3.76. The van der Waals surface area contributed by atoms with E-state index < -0.39 is 0 Å². The Morgan fingerprint density at radius 1 is 1.32 bits per heavy atom. The van der Waals surface area contributed by atoms with Gasteiger partial charge in [-0.15, -0.1) is 0 Å². The zero-order valence-corrected chi connectivity index (χ0v) is 11.6. The Labute approximate surface area is 118 Å². The Balaban J connectivity index is 1.76. The summed E-state index contributed by atoms with van der Waals surface area (Å²) in [5.74, 6) is 0.0246. The number of amides is 1. The topological polar surface area (TPSA) is 49.6 Å². The molecular formula is C14H18ClN3O. The highest BCUT2D eigenvalue weighted by atomic mass is 35.5. The summed E-state index contributed by atoms with van der Waals surface area (Å²) >= 11 is 6.12. The normalized spacial score (nSPS) is 23.4. The number of halogens is 1. The second-order valence-corrected chi connectivity index (χ2v) is 5.73. The molecule has 1 amide bonds. The number of nitrogens with two attached hydrogens (primary N) is 1. The Hall–Kier alpha value is -1.26. The van der Waals surface area contributed by atoms with Gasteiger partial charge in [0.2, 0.25) is 0 Å². The monoisotopic (exact) mass is 279 g/mol. The SMILES string of the molecule is Nc1ccc(C(=O)N2CCN3CCCC3C2)c(Cl)c1. The summed E-state index contributed by atoms with van der Waals surface area (Å²) in [4.78, 5) is 16.9. The number of piperazine rings is 1. The van der Waals surface area contributed by atoms with Crippen molar-refractivity contribution in [2.45, 2.75) is 18.9 Å². The molecule has 2 saturated heterocycles. The molecule has 0 spiro atoms. The van der Waals surface area contributed by atoms with E-state index in [-0.39, 0.29) is 5.91 Å². The molecule has 2 aliphatic rings. The van der Waals surface area contributed by atoms with E-state index in [0.717, 1.165) is 19.6 Å². The van der Waals surface area contributed by atoms with Gasteiger partial charge in [-0.2, -0.15) is 0 Å². The van der Waals surface area contributed by atoms with Gasteiger partial charge in [-0.1, -0.05) is 11.6 Å². The van der Waals surface area contributed by atoms with Crippen LogP contribution < -0.4 is 5.73 Å². The van der Waals surface area contributed by atoms with Crippen molar-refractivity contribution in [2.75, 3.05) is 31.9 Å². The Bertz CT molecular complexity index is 505. The average Bonchev–Trinajstić information content (AvgIpc) is 2.85. The van der Waals surface area contributed by atoms with Gasteiger partial charge in [0, 0.05) is 31.4 Å². The predicted octanol–water partition coefficient (Wildman–Crippen LogP) is 1.84. The molecule has 2 N–H and O–H groups in total. The number of carbonyl (C=O) groups is 1. The standard InChI is InChI=1S/C14H18ClN3O/c15-13-8-10(16)3-4-12(13)14(19)18-7-6-17-5-1-2-11(17)9-18/h3-4,8,11H,1-2,5-7,9,16H2. The lowest BCUT2D eigenvalue weighted by Crippen LogP contribution is -2.52. The molecule has 1 atom stereocenters. The molecule has 1 aromatic rings. The summed E-state index contributed by atoms with van der Waals surface area (Å²) in [5, 5.41) is 0.443. The van der Waals surface area contributed by atoms with Gasteiger partial charge in [0.25, 0.3) is 5.91 Å². The van der Waals surface area contributed by atoms with Crippen LogP contribution in [0.5, 0.6) is 0 Å². The minimum Gasteiger partial charge on any atom is -0.399 e. The molecule has 0 aliphatic carbocycles. The lowest BCUT2D eigenvalue weighted by Gasteiger charge is -2.37. The minimum atomic E-state index is 0.0246. The first-order valence-corrected chi connectivity index (χ1v) is 7.11. The highest BCUT2D eigenvalue weighted by molar-refractivity contribution is 6.34. The summed E-state index contributed by atoms with van der Waals surface area (Å²) < 4.78 is 0. The third-order valence-corrected chi connectivity index (χ3v) is 4.41. The molecule has 3 rings (SSSR count). The van der Waals surface area contributed by atoms with Crippen molar-refractivity contribution >= 4 is 23.2 Å². The molecule has 0 aromatic heterocycles. The van der Waals surface area contributed by atoms with Crippen molar-refractivity contribution in [3.8, 4) is 0 Å². The number of hydrogen-bond acceptors (Lipinski definition) is 3. The first kappa shape index (κ1) is 12.8. The van der Waals surface area contributed by atoms with Crippen LogP contribution in [0, 0.1) is 0 Å². The minimum absolute atomic E-state index is 0.0246. The van der Waals surface area contributed by atoms with Gasteiger partial charge in [-0.05, 0) is 37.6 Å². The predicted molar refractivity (Wildman–Crippen MR) is 76.4 cm³/mol. The first-order chi connectivity index (χ1) is 9.15. The van der Waals surface area contributed by atoms with Crippen LogP contribution in [-0.2, 0) is 0 Å². The van der Waals surface area contributed by atoms with Gasteiger partial charge < -0.3 is 10.6 Å². The van der Waals surface area contributed by atoms with Crippen LogP contribution in [0.2, 0.25) is 5.02 Å². The van der Waals surface area contributed by atoms with Crippen molar-refractivity contribution in [3.63, 3.8) is 0 Å². The molecule has 0 radical (unpaired) electrons. The fourth-order valence-electron chi connectivity index (χ4n) is 3.05. The van der Waals surface area contributed by atoms with Crippen molar-refractivity contribution in [2.24, 2.45) is 0 Å². The van der Waals surface area contributed by atoms with E-state index in [1.54, 1.807) is 18.2 Å². The van der Waals surface area contributed by atoms with E-state index >= 15 is 0 Å². The quantitative estimate of drug-likeness (QED) is 0.798. The van der Waals surface area contributed by atoms with Crippen molar-refractivity contribution in [1.29, 1.82) is 0 Å². The van der Waals surface area contributed by atoms with Crippen LogP contribution >= 0.6 is 11.6 Å². The molecule has 2 heterocycles. The number of fused-ring (bicyclic) bond motifs is 1. The number of rotatable bonds is 1. The second-order valence-electron chi connectivity index (χ2n) is 5.32. The highest BCUT2D eigenvalue weighted by Gasteiger charge is 2.33. The van der Waals surface area contributed by atoms with Crippen LogP contribution in [0.3, 0.4) is 0 Å². The van der Waals surface area contributed by atoms with Gasteiger partial charge in [-0.3, -0.25) is 9.69 Å². The highest BCUT2D eigenvalue weighted by Crippen LogP contribution is 2.25. The van der Waals surface area contributed by atoms with Gasteiger partial charge in [0.05, 0.1) is 10.6 Å². The van der Waals surface area contributed by atoms with E-state index in [1.807, 2.05) is 4.90 Å². The summed E-state index contributed by atoms with van der Waals surface area (Å²) in [6.07, 6.45) is 2.44. The van der Waals surface area contributed by atoms with Crippen LogP contribution in [0.1, 0.15) is 23.2 Å². The smallest absolute Gasteiger partial charge is 0.255 e. The maximum absolute atomic E-state index is 12.5. The number of nitrogens with zero attached hydrogens (tertiary/aromatic N) is 2. The summed E-state index contributed by atoms with van der Waals surface area (Å²) in [6, 6.07) is 5.62. The maximum atomic E-state index is 12.5. The lowest BCUT2D eigenvalue weighted by molar-refractivity contribution is 0.0571. The summed E-state index contributed by atoms with van der Waals surface area (Å²) in [7, 11) is 0. The zero-order chi connectivity index (χ0) is 13.4. The number of benzene rings is 1. The first-order valence-electron chi connectivity index (χ1n) is 6.73. The number of carbonyl (C=O) groups excluding carboxylic acids is 1. The van der Waals surface area contributed by atoms with Gasteiger partial charge in [0.1, 0.15) is 0 Å². The van der Waals surface area contributed by atoms with Crippen LogP contribution in [0.4, 0.5) is 5.69 Å². The van der Waals surface area contributed by atoms with Gasteiger partial charge in [-0.25, -0.2) is 0 Å². The molecular weight excluding hydrogens is 262 g/mol. The Morgan fingerprint density at radius 2 is 2.16 bits per heavy atom. The van der Waals surface area contributed by atoms with E-state index in [1.165, 1.54) is 19.4 Å². The summed E-state index contributed by atoms with van der Waals surface area (Å²) in [5.41, 5.74) is 6.80. The second kappa shape index (κ2) is 5.02. The maximum Gasteiger partial charge on any atom is 0.255 e. The number of hydrogen-bond donors (Lipinski definition) is 1. The molecule has 19 heavy (non-hydrogen) atoms. The Morgan fingerprint density at radius 3 is 2.95 bits per heavy atom.